The van der Waals surface area contributed by atoms with Gasteiger partial charge in [-0.3, -0.25) is 4.79 Å². The Hall–Kier alpha value is -3.96. The van der Waals surface area contributed by atoms with Crippen molar-refractivity contribution in [1.82, 2.24) is 5.43 Å². The molecule has 0 aliphatic carbocycles. The molecule has 1 N–H and O–H groups in total. The van der Waals surface area contributed by atoms with E-state index in [2.05, 4.69) is 32.4 Å². The maximum Gasteiger partial charge on any atom is 0.271 e. The Morgan fingerprint density at radius 2 is 1.79 bits per heavy atom. The largest absolute Gasteiger partial charge is 0.493 e. The third-order valence-corrected chi connectivity index (χ3v) is 5.18. The third kappa shape index (κ3) is 6.53. The van der Waals surface area contributed by atoms with E-state index in [1.165, 1.54) is 20.4 Å². The standard InChI is InChI=1S/C26H23BrN2O5/c1-4-12-33-25-21(27)13-19(14-24(25)32-3)16-28-29-26(30)20-10-11-22(23(15-20)31-2)34-17-18-8-6-5-7-9-18/h1,5-11,13-16H,12,17H2,2-3H3,(H,29,30)/b28-16+. The molecule has 0 radical (unpaired) electrons. The van der Waals surface area contributed by atoms with Crippen molar-refractivity contribution in [2.45, 2.75) is 6.61 Å². The summed E-state index contributed by atoms with van der Waals surface area (Å²) in [6, 6.07) is 18.2. The minimum Gasteiger partial charge on any atom is -0.493 e. The first-order valence-corrected chi connectivity index (χ1v) is 11.0. The van der Waals surface area contributed by atoms with E-state index >= 15 is 0 Å². The quantitative estimate of drug-likeness (QED) is 0.234. The zero-order chi connectivity index (χ0) is 24.3. The van der Waals surface area contributed by atoms with Gasteiger partial charge >= 0.3 is 0 Å². The second kappa shape index (κ2) is 12.3. The maximum absolute atomic E-state index is 12.6. The fourth-order valence-electron chi connectivity index (χ4n) is 2.96. The molecule has 3 aromatic rings. The van der Waals surface area contributed by atoms with Crippen LogP contribution in [0.1, 0.15) is 21.5 Å². The first-order chi connectivity index (χ1) is 16.5. The normalized spacial score (nSPS) is 10.4. The minimum atomic E-state index is -0.399. The minimum absolute atomic E-state index is 0.109. The smallest absolute Gasteiger partial charge is 0.271 e. The molecule has 1 amide bonds. The van der Waals surface area contributed by atoms with Crippen LogP contribution >= 0.6 is 15.9 Å². The number of rotatable bonds is 10. The van der Waals surface area contributed by atoms with Crippen molar-refractivity contribution in [3.8, 4) is 35.3 Å². The lowest BCUT2D eigenvalue weighted by Gasteiger charge is -2.12. The molecular formula is C26H23BrN2O5. The van der Waals surface area contributed by atoms with Crippen LogP contribution in [-0.4, -0.2) is 32.9 Å². The van der Waals surface area contributed by atoms with Crippen molar-refractivity contribution in [2.75, 3.05) is 20.8 Å². The first kappa shape index (κ1) is 24.7. The number of benzene rings is 3. The fraction of sp³-hybridized carbons (Fsp3) is 0.154. The van der Waals surface area contributed by atoms with Gasteiger partial charge in [0.05, 0.1) is 24.9 Å². The number of ether oxygens (including phenoxy) is 4. The molecule has 7 nitrogen and oxygen atoms in total. The summed E-state index contributed by atoms with van der Waals surface area (Å²) in [6.45, 7) is 0.497. The van der Waals surface area contributed by atoms with Crippen molar-refractivity contribution in [2.24, 2.45) is 5.10 Å². The van der Waals surface area contributed by atoms with Gasteiger partial charge in [-0.15, -0.1) is 6.42 Å². The van der Waals surface area contributed by atoms with Crippen LogP contribution in [0.25, 0.3) is 0 Å². The maximum atomic E-state index is 12.6. The number of hydrogen-bond acceptors (Lipinski definition) is 6. The monoisotopic (exact) mass is 522 g/mol. The van der Waals surface area contributed by atoms with Crippen LogP contribution in [0.3, 0.4) is 0 Å². The second-order valence-corrected chi connectivity index (χ2v) is 7.72. The van der Waals surface area contributed by atoms with E-state index in [4.69, 9.17) is 25.4 Å². The molecule has 0 aromatic heterocycles. The number of halogens is 1. The Morgan fingerprint density at radius 3 is 2.50 bits per heavy atom. The van der Waals surface area contributed by atoms with Gasteiger partial charge in [0.1, 0.15) is 13.2 Å². The molecular weight excluding hydrogens is 500 g/mol. The molecule has 0 aliphatic heterocycles. The van der Waals surface area contributed by atoms with E-state index in [1.807, 2.05) is 30.3 Å². The van der Waals surface area contributed by atoms with Crippen LogP contribution in [0.15, 0.2) is 70.2 Å². The van der Waals surface area contributed by atoms with Crippen LogP contribution in [0.2, 0.25) is 0 Å². The van der Waals surface area contributed by atoms with Gasteiger partial charge in [-0.1, -0.05) is 36.3 Å². The van der Waals surface area contributed by atoms with Crippen LogP contribution < -0.4 is 24.4 Å². The van der Waals surface area contributed by atoms with Gasteiger partial charge < -0.3 is 18.9 Å². The number of terminal acetylenes is 1. The Kier molecular flexibility index (Phi) is 8.95. The van der Waals surface area contributed by atoms with Crippen molar-refractivity contribution in [3.63, 3.8) is 0 Å². The number of carbonyl (C=O) groups excluding carboxylic acids is 1. The Morgan fingerprint density at radius 1 is 1.03 bits per heavy atom. The zero-order valence-electron chi connectivity index (χ0n) is 18.7. The van der Waals surface area contributed by atoms with Gasteiger partial charge in [-0.25, -0.2) is 5.43 Å². The molecule has 8 heteroatoms. The SMILES string of the molecule is C#CCOc1c(Br)cc(/C=N/NC(=O)c2ccc(OCc3ccccc3)c(OC)c2)cc1OC. The Labute approximate surface area is 206 Å². The summed E-state index contributed by atoms with van der Waals surface area (Å²) in [5.74, 6) is 3.96. The highest BCUT2D eigenvalue weighted by Crippen LogP contribution is 2.36. The number of methoxy groups -OCH3 is 2. The van der Waals surface area contributed by atoms with Crippen LogP contribution in [0, 0.1) is 12.3 Å². The predicted molar refractivity (Wildman–Crippen MR) is 134 cm³/mol. The van der Waals surface area contributed by atoms with Gasteiger partial charge in [-0.05, 0) is 57.4 Å². The Bertz CT molecular complexity index is 1210. The lowest BCUT2D eigenvalue weighted by atomic mass is 10.2. The van der Waals surface area contributed by atoms with Gasteiger partial charge in [-0.2, -0.15) is 5.10 Å². The highest BCUT2D eigenvalue weighted by atomic mass is 79.9. The average Bonchev–Trinajstić information content (AvgIpc) is 2.87. The number of amides is 1. The second-order valence-electron chi connectivity index (χ2n) is 6.87. The number of hydrazone groups is 1. The molecule has 0 fully saturated rings. The average molecular weight is 523 g/mol. The summed E-state index contributed by atoms with van der Waals surface area (Å²) in [5.41, 5.74) is 4.58. The van der Waals surface area contributed by atoms with Crippen LogP contribution in [0.5, 0.6) is 23.0 Å². The van der Waals surface area contributed by atoms with Crippen molar-refractivity contribution in [3.05, 3.63) is 81.8 Å². The van der Waals surface area contributed by atoms with Gasteiger partial charge in [0.2, 0.25) is 0 Å². The van der Waals surface area contributed by atoms with E-state index in [0.29, 0.717) is 45.2 Å². The molecule has 0 aliphatic rings. The molecule has 0 unspecified atom stereocenters. The molecule has 0 saturated carbocycles. The highest BCUT2D eigenvalue weighted by Gasteiger charge is 2.13. The van der Waals surface area contributed by atoms with Gasteiger partial charge in [0, 0.05) is 5.56 Å². The van der Waals surface area contributed by atoms with E-state index in [1.54, 1.807) is 30.3 Å². The summed E-state index contributed by atoms with van der Waals surface area (Å²) in [4.78, 5) is 12.6. The summed E-state index contributed by atoms with van der Waals surface area (Å²) in [6.07, 6.45) is 6.74. The molecule has 0 spiro atoms. The molecule has 174 valence electrons. The van der Waals surface area contributed by atoms with Gasteiger partial charge in [0.15, 0.2) is 23.0 Å². The van der Waals surface area contributed by atoms with Crippen molar-refractivity contribution < 1.29 is 23.7 Å². The number of hydrogen-bond donors (Lipinski definition) is 1. The summed E-state index contributed by atoms with van der Waals surface area (Å²) in [5, 5.41) is 4.03. The number of carbonyl (C=O) groups is 1. The molecule has 34 heavy (non-hydrogen) atoms. The van der Waals surface area contributed by atoms with Crippen molar-refractivity contribution in [1.29, 1.82) is 0 Å². The molecule has 3 rings (SSSR count). The topological polar surface area (TPSA) is 78.4 Å². The first-order valence-electron chi connectivity index (χ1n) is 10.2. The summed E-state index contributed by atoms with van der Waals surface area (Å²) >= 11 is 3.43. The summed E-state index contributed by atoms with van der Waals surface area (Å²) in [7, 11) is 3.04. The fourth-order valence-corrected chi connectivity index (χ4v) is 3.54. The molecule has 0 heterocycles. The van der Waals surface area contributed by atoms with E-state index in [9.17, 15) is 4.79 Å². The predicted octanol–water partition coefficient (Wildman–Crippen LogP) is 4.82. The molecule has 3 aromatic carbocycles. The van der Waals surface area contributed by atoms with Crippen LogP contribution in [-0.2, 0) is 6.61 Å². The van der Waals surface area contributed by atoms with E-state index in [-0.39, 0.29) is 6.61 Å². The number of nitrogens with one attached hydrogen (secondary N) is 1. The van der Waals surface area contributed by atoms with Crippen molar-refractivity contribution >= 4 is 28.1 Å². The number of nitrogens with zero attached hydrogens (tertiary/aromatic N) is 1. The molecule has 0 bridgehead atoms. The molecule has 0 atom stereocenters. The summed E-state index contributed by atoms with van der Waals surface area (Å²) < 4.78 is 22.7. The Balaban J connectivity index is 1.66. The lowest BCUT2D eigenvalue weighted by molar-refractivity contribution is 0.0954. The lowest BCUT2D eigenvalue weighted by Crippen LogP contribution is -2.17. The van der Waals surface area contributed by atoms with E-state index < -0.39 is 5.91 Å². The van der Waals surface area contributed by atoms with Gasteiger partial charge in [0.25, 0.3) is 5.91 Å². The highest BCUT2D eigenvalue weighted by molar-refractivity contribution is 9.10. The third-order valence-electron chi connectivity index (χ3n) is 4.59. The van der Waals surface area contributed by atoms with Crippen LogP contribution in [0.4, 0.5) is 0 Å². The van der Waals surface area contributed by atoms with E-state index in [0.717, 1.165) is 5.56 Å². The molecule has 0 saturated heterocycles. The zero-order valence-corrected chi connectivity index (χ0v) is 20.3.